The molecule has 0 amide bonds. The minimum Gasteiger partial charge on any atom is -0.395 e. The first-order valence-corrected chi connectivity index (χ1v) is 4.60. The molecule has 0 atom stereocenters. The molecule has 0 bridgehead atoms. The van der Waals surface area contributed by atoms with Crippen LogP contribution in [0.5, 0.6) is 0 Å². The van der Waals surface area contributed by atoms with Gasteiger partial charge in [-0.15, -0.1) is 0 Å². The van der Waals surface area contributed by atoms with Gasteiger partial charge >= 0.3 is 0 Å². The zero-order valence-electron chi connectivity index (χ0n) is 8.95. The van der Waals surface area contributed by atoms with E-state index in [2.05, 4.69) is 6.92 Å². The summed E-state index contributed by atoms with van der Waals surface area (Å²) in [4.78, 5) is 1.79. The summed E-state index contributed by atoms with van der Waals surface area (Å²) in [7, 11) is 0. The van der Waals surface area contributed by atoms with E-state index in [0.717, 1.165) is 6.42 Å². The van der Waals surface area contributed by atoms with E-state index >= 15 is 0 Å². The van der Waals surface area contributed by atoms with Gasteiger partial charge in [-0.25, -0.2) is 0 Å². The number of aliphatic hydroxyl groups is 3. The Morgan fingerprint density at radius 3 is 1.29 bits per heavy atom. The van der Waals surface area contributed by atoms with Crippen molar-refractivity contribution in [3.8, 4) is 0 Å². The zero-order valence-corrected chi connectivity index (χ0v) is 10.5. The van der Waals surface area contributed by atoms with E-state index in [1.807, 2.05) is 6.92 Å². The van der Waals surface area contributed by atoms with Gasteiger partial charge in [0.05, 0.1) is 19.8 Å². The van der Waals surface area contributed by atoms with Crippen molar-refractivity contribution in [2.45, 2.75) is 13.3 Å². The smallest absolute Gasteiger partial charge is 0.0558 e. The Labute approximate surface area is 102 Å². The van der Waals surface area contributed by atoms with Gasteiger partial charge in [-0.1, -0.05) is 6.92 Å². The molecule has 0 spiro atoms. The zero-order chi connectivity index (χ0) is 10.5. The van der Waals surface area contributed by atoms with Crippen molar-refractivity contribution >= 4 is 0 Å². The van der Waals surface area contributed by atoms with Crippen molar-refractivity contribution < 1.29 is 37.0 Å². The molecular weight excluding hydrogens is 218 g/mol. The summed E-state index contributed by atoms with van der Waals surface area (Å²) in [6.07, 6.45) is 1.00. The van der Waals surface area contributed by atoms with Crippen LogP contribution in [0.15, 0.2) is 0 Å². The van der Waals surface area contributed by atoms with Crippen LogP contribution < -0.4 is 0 Å². The molecule has 86 valence electrons. The second kappa shape index (κ2) is 19.2. The summed E-state index contributed by atoms with van der Waals surface area (Å²) in [6.45, 7) is 7.25. The van der Waals surface area contributed by atoms with Crippen molar-refractivity contribution in [3.63, 3.8) is 0 Å². The molecule has 5 heteroatoms. The summed E-state index contributed by atoms with van der Waals surface area (Å²) in [5, 5.41) is 25.5. The monoisotopic (exact) mass is 240 g/mol. The standard InChI is InChI=1S/C6H15NO3.C3H7.Ti/c8-4-1-7(2-5-9)3-6-10;1-3-2;/h8-10H,1-6H2;1,3H2,2H3;/q;-1;. The Bertz CT molecular complexity index is 72.2. The first-order valence-electron chi connectivity index (χ1n) is 4.60. The van der Waals surface area contributed by atoms with Crippen LogP contribution in [-0.2, 0) is 21.7 Å². The summed E-state index contributed by atoms with van der Waals surface area (Å²) in [5.74, 6) is 0. The van der Waals surface area contributed by atoms with E-state index in [4.69, 9.17) is 15.3 Å². The van der Waals surface area contributed by atoms with Crippen molar-refractivity contribution in [2.24, 2.45) is 0 Å². The molecule has 0 saturated carbocycles. The van der Waals surface area contributed by atoms with Crippen LogP contribution in [0.2, 0.25) is 0 Å². The minimum absolute atomic E-state index is 0. The van der Waals surface area contributed by atoms with E-state index in [-0.39, 0.29) is 41.5 Å². The van der Waals surface area contributed by atoms with Crippen LogP contribution in [0, 0.1) is 6.92 Å². The third-order valence-electron chi connectivity index (χ3n) is 1.25. The molecule has 0 radical (unpaired) electrons. The maximum atomic E-state index is 8.48. The summed E-state index contributed by atoms with van der Waals surface area (Å²) < 4.78 is 0. The summed E-state index contributed by atoms with van der Waals surface area (Å²) in [6, 6.07) is 0. The van der Waals surface area contributed by atoms with E-state index in [1.54, 1.807) is 4.90 Å². The van der Waals surface area contributed by atoms with E-state index < -0.39 is 0 Å². The molecule has 0 aliphatic rings. The number of hydrogen-bond acceptors (Lipinski definition) is 4. The maximum Gasteiger partial charge on any atom is 0.0558 e. The molecule has 0 heterocycles. The fourth-order valence-electron chi connectivity index (χ4n) is 0.760. The van der Waals surface area contributed by atoms with Crippen LogP contribution >= 0.6 is 0 Å². The second-order valence-corrected chi connectivity index (χ2v) is 2.51. The number of hydrogen-bond donors (Lipinski definition) is 3. The molecule has 0 fully saturated rings. The Morgan fingerprint density at radius 1 is 0.929 bits per heavy atom. The predicted octanol–water partition coefficient (Wildman–Crippen LogP) is -0.507. The molecule has 0 aromatic carbocycles. The van der Waals surface area contributed by atoms with Gasteiger partial charge in [0.15, 0.2) is 0 Å². The van der Waals surface area contributed by atoms with Crippen LogP contribution in [0.3, 0.4) is 0 Å². The Balaban J connectivity index is -0.000000267. The third kappa shape index (κ3) is 18.4. The van der Waals surface area contributed by atoms with Crippen LogP contribution in [-0.4, -0.2) is 59.7 Å². The molecule has 0 aliphatic carbocycles. The molecule has 0 rings (SSSR count). The van der Waals surface area contributed by atoms with Gasteiger partial charge in [0.2, 0.25) is 0 Å². The average Bonchev–Trinajstić information content (AvgIpc) is 2.07. The van der Waals surface area contributed by atoms with E-state index in [0.29, 0.717) is 19.6 Å². The fraction of sp³-hybridized carbons (Fsp3) is 0.889. The number of rotatable bonds is 6. The van der Waals surface area contributed by atoms with Crippen LogP contribution in [0.4, 0.5) is 0 Å². The SMILES string of the molecule is OCCN(CCO)CCO.[CH2-]CC.[Ti]. The quantitative estimate of drug-likeness (QED) is 0.432. The fourth-order valence-corrected chi connectivity index (χ4v) is 0.760. The minimum atomic E-state index is 0. The van der Waals surface area contributed by atoms with Gasteiger partial charge in [-0.3, -0.25) is 4.90 Å². The van der Waals surface area contributed by atoms with Gasteiger partial charge in [-0.2, -0.15) is 6.42 Å². The third-order valence-corrected chi connectivity index (χ3v) is 1.25. The molecule has 4 nitrogen and oxygen atoms in total. The number of aliphatic hydroxyl groups excluding tert-OH is 3. The van der Waals surface area contributed by atoms with E-state index in [1.165, 1.54) is 0 Å². The molecule has 0 aliphatic heterocycles. The normalized spacial score (nSPS) is 9.00. The molecule has 3 N–H and O–H groups in total. The van der Waals surface area contributed by atoms with Crippen molar-refractivity contribution in [3.05, 3.63) is 6.92 Å². The predicted molar refractivity (Wildman–Crippen MR) is 53.3 cm³/mol. The van der Waals surface area contributed by atoms with Crippen molar-refractivity contribution in [1.82, 2.24) is 4.90 Å². The topological polar surface area (TPSA) is 63.9 Å². The molecule has 0 aromatic heterocycles. The Kier molecular flexibility index (Phi) is 27.4. The van der Waals surface area contributed by atoms with Crippen LogP contribution in [0.1, 0.15) is 13.3 Å². The van der Waals surface area contributed by atoms with Gasteiger partial charge in [0, 0.05) is 41.4 Å². The van der Waals surface area contributed by atoms with E-state index in [9.17, 15) is 0 Å². The first-order chi connectivity index (χ1) is 6.26. The molecule has 0 aromatic rings. The van der Waals surface area contributed by atoms with Crippen molar-refractivity contribution in [2.75, 3.05) is 39.5 Å². The Morgan fingerprint density at radius 2 is 1.14 bits per heavy atom. The van der Waals surface area contributed by atoms with Gasteiger partial charge in [0.25, 0.3) is 0 Å². The second-order valence-electron chi connectivity index (χ2n) is 2.51. The first kappa shape index (κ1) is 20.0. The van der Waals surface area contributed by atoms with Crippen LogP contribution in [0.25, 0.3) is 0 Å². The van der Waals surface area contributed by atoms with Gasteiger partial charge in [-0.05, 0) is 0 Å². The molecule has 0 saturated heterocycles. The largest absolute Gasteiger partial charge is 0.395 e. The van der Waals surface area contributed by atoms with Gasteiger partial charge in [0.1, 0.15) is 0 Å². The summed E-state index contributed by atoms with van der Waals surface area (Å²) in [5.41, 5.74) is 0. The summed E-state index contributed by atoms with van der Waals surface area (Å²) >= 11 is 0. The molecule has 0 unspecified atom stereocenters. The Hall–Kier alpha value is 0.554. The van der Waals surface area contributed by atoms with Crippen molar-refractivity contribution in [1.29, 1.82) is 0 Å². The van der Waals surface area contributed by atoms with Gasteiger partial charge < -0.3 is 22.2 Å². The number of nitrogens with zero attached hydrogens (tertiary/aromatic N) is 1. The average molecular weight is 240 g/mol. The molecule has 14 heavy (non-hydrogen) atoms. The maximum absolute atomic E-state index is 8.48. The molecular formula is C9H22NO3Ti-.